The number of nitrogens with zero attached hydrogens (tertiary/aromatic N) is 1. The highest BCUT2D eigenvalue weighted by Crippen LogP contribution is 2.34. The molecule has 3 rings (SSSR count). The van der Waals surface area contributed by atoms with Crippen LogP contribution in [0.1, 0.15) is 36.6 Å². The van der Waals surface area contributed by atoms with Gasteiger partial charge >= 0.3 is 0 Å². The van der Waals surface area contributed by atoms with Gasteiger partial charge in [0.05, 0.1) is 5.52 Å². The van der Waals surface area contributed by atoms with Crippen molar-refractivity contribution in [2.24, 2.45) is 7.05 Å². The van der Waals surface area contributed by atoms with Gasteiger partial charge < -0.3 is 9.88 Å². The van der Waals surface area contributed by atoms with Gasteiger partial charge in [0.1, 0.15) is 0 Å². The van der Waals surface area contributed by atoms with Crippen molar-refractivity contribution in [3.8, 4) is 0 Å². The van der Waals surface area contributed by atoms with E-state index in [0.717, 1.165) is 19.5 Å². The molecule has 1 atom stereocenters. The Labute approximate surface area is 103 Å². The van der Waals surface area contributed by atoms with E-state index in [1.807, 2.05) is 0 Å². The van der Waals surface area contributed by atoms with Crippen molar-refractivity contribution in [2.75, 3.05) is 6.54 Å². The molecule has 1 unspecified atom stereocenters. The number of hydrogen-bond acceptors (Lipinski definition) is 1. The lowest BCUT2D eigenvalue weighted by Gasteiger charge is -2.22. The Bertz CT molecular complexity index is 566. The van der Waals surface area contributed by atoms with Gasteiger partial charge in [0, 0.05) is 37.1 Å². The summed E-state index contributed by atoms with van der Waals surface area (Å²) in [5.74, 6) is 0.612. The molecule has 2 nitrogen and oxygen atoms in total. The molecule has 90 valence electrons. The summed E-state index contributed by atoms with van der Waals surface area (Å²) in [5.41, 5.74) is 5.94. The van der Waals surface area contributed by atoms with E-state index in [-0.39, 0.29) is 0 Å². The summed E-state index contributed by atoms with van der Waals surface area (Å²) in [7, 11) is 2.22. The zero-order valence-electron chi connectivity index (χ0n) is 10.9. The van der Waals surface area contributed by atoms with Crippen LogP contribution in [-0.4, -0.2) is 11.1 Å². The molecule has 0 radical (unpaired) electrons. The fourth-order valence-electron chi connectivity index (χ4n) is 3.30. The highest BCUT2D eigenvalue weighted by Gasteiger charge is 2.23. The molecule has 1 aliphatic heterocycles. The number of nitrogens with one attached hydrogen (secondary N) is 1. The molecular formula is C15H20N2. The van der Waals surface area contributed by atoms with Crippen LogP contribution in [-0.2, 0) is 20.0 Å². The number of para-hydroxylation sites is 1. The second-order valence-electron chi connectivity index (χ2n) is 5.12. The average molecular weight is 228 g/mol. The van der Waals surface area contributed by atoms with Crippen molar-refractivity contribution in [3.63, 3.8) is 0 Å². The third-order valence-electron chi connectivity index (χ3n) is 4.05. The number of hydrogen-bond donors (Lipinski definition) is 1. The Morgan fingerprint density at radius 3 is 3.00 bits per heavy atom. The van der Waals surface area contributed by atoms with Crippen LogP contribution >= 0.6 is 0 Å². The predicted molar refractivity (Wildman–Crippen MR) is 72.4 cm³/mol. The Morgan fingerprint density at radius 2 is 2.24 bits per heavy atom. The van der Waals surface area contributed by atoms with Crippen LogP contribution in [0.25, 0.3) is 10.9 Å². The van der Waals surface area contributed by atoms with E-state index in [2.05, 4.69) is 49.0 Å². The van der Waals surface area contributed by atoms with Gasteiger partial charge in [0.25, 0.3) is 0 Å². The van der Waals surface area contributed by atoms with Gasteiger partial charge in [-0.05, 0) is 17.5 Å². The normalized spacial score (nSPS) is 19.6. The molecule has 0 saturated carbocycles. The van der Waals surface area contributed by atoms with Crippen molar-refractivity contribution in [3.05, 3.63) is 35.0 Å². The standard InChI is InChI=1S/C15H20N2/c1-4-11-6-5-7-12-13-9-16-8-10(2)14(13)17(3)15(11)12/h5-7,10,16H,4,8-9H2,1-3H3. The number of benzene rings is 1. The summed E-state index contributed by atoms with van der Waals surface area (Å²) < 4.78 is 2.43. The average Bonchev–Trinajstić information content (AvgIpc) is 2.65. The van der Waals surface area contributed by atoms with Gasteiger partial charge in [0.15, 0.2) is 0 Å². The quantitative estimate of drug-likeness (QED) is 0.794. The van der Waals surface area contributed by atoms with Gasteiger partial charge in [-0.1, -0.05) is 32.0 Å². The largest absolute Gasteiger partial charge is 0.347 e. The van der Waals surface area contributed by atoms with Crippen LogP contribution < -0.4 is 5.32 Å². The molecule has 1 aromatic heterocycles. The number of fused-ring (bicyclic) bond motifs is 3. The van der Waals surface area contributed by atoms with Gasteiger partial charge in [-0.2, -0.15) is 0 Å². The van der Waals surface area contributed by atoms with Gasteiger partial charge in [-0.25, -0.2) is 0 Å². The lowest BCUT2D eigenvalue weighted by atomic mass is 9.97. The van der Waals surface area contributed by atoms with Crippen LogP contribution in [0.4, 0.5) is 0 Å². The summed E-state index contributed by atoms with van der Waals surface area (Å²) in [6.45, 7) is 6.67. The molecule has 0 spiro atoms. The van der Waals surface area contributed by atoms with E-state index in [0.29, 0.717) is 5.92 Å². The summed E-state index contributed by atoms with van der Waals surface area (Å²) in [5, 5.41) is 4.97. The maximum absolute atomic E-state index is 3.52. The first-order valence-electron chi connectivity index (χ1n) is 6.53. The first-order valence-corrected chi connectivity index (χ1v) is 6.53. The zero-order valence-corrected chi connectivity index (χ0v) is 10.9. The van der Waals surface area contributed by atoms with Crippen molar-refractivity contribution >= 4 is 10.9 Å². The fourth-order valence-corrected chi connectivity index (χ4v) is 3.30. The fraction of sp³-hybridized carbons (Fsp3) is 0.467. The van der Waals surface area contributed by atoms with Gasteiger partial charge in [-0.15, -0.1) is 0 Å². The molecule has 17 heavy (non-hydrogen) atoms. The maximum atomic E-state index is 3.52. The highest BCUT2D eigenvalue weighted by molar-refractivity contribution is 5.88. The molecule has 0 aliphatic carbocycles. The summed E-state index contributed by atoms with van der Waals surface area (Å²) >= 11 is 0. The molecule has 1 aromatic carbocycles. The Balaban J connectivity index is 2.40. The number of rotatable bonds is 1. The molecule has 2 aromatic rings. The zero-order chi connectivity index (χ0) is 12.0. The topological polar surface area (TPSA) is 17.0 Å². The predicted octanol–water partition coefficient (Wildman–Crippen LogP) is 2.95. The van der Waals surface area contributed by atoms with Crippen LogP contribution in [0.2, 0.25) is 0 Å². The number of aromatic nitrogens is 1. The van der Waals surface area contributed by atoms with Gasteiger partial charge in [-0.3, -0.25) is 0 Å². The molecule has 2 heteroatoms. The molecule has 2 heterocycles. The van der Waals surface area contributed by atoms with Crippen molar-refractivity contribution < 1.29 is 0 Å². The maximum Gasteiger partial charge on any atom is 0.0515 e. The monoisotopic (exact) mass is 228 g/mol. The van der Waals surface area contributed by atoms with E-state index in [1.165, 1.54) is 27.7 Å². The molecule has 1 N–H and O–H groups in total. The van der Waals surface area contributed by atoms with E-state index in [1.54, 1.807) is 0 Å². The van der Waals surface area contributed by atoms with Gasteiger partial charge in [0.2, 0.25) is 0 Å². The van der Waals surface area contributed by atoms with E-state index < -0.39 is 0 Å². The molecular weight excluding hydrogens is 208 g/mol. The minimum absolute atomic E-state index is 0.612. The van der Waals surface area contributed by atoms with E-state index in [9.17, 15) is 0 Å². The molecule has 0 saturated heterocycles. The highest BCUT2D eigenvalue weighted by atomic mass is 15.0. The van der Waals surface area contributed by atoms with Crippen LogP contribution in [0.15, 0.2) is 18.2 Å². The second kappa shape index (κ2) is 3.88. The van der Waals surface area contributed by atoms with Crippen molar-refractivity contribution in [1.29, 1.82) is 0 Å². The third-order valence-corrected chi connectivity index (χ3v) is 4.05. The smallest absolute Gasteiger partial charge is 0.0515 e. The van der Waals surface area contributed by atoms with Crippen LogP contribution in [0, 0.1) is 0 Å². The molecule has 0 bridgehead atoms. The van der Waals surface area contributed by atoms with Crippen molar-refractivity contribution in [1.82, 2.24) is 9.88 Å². The first kappa shape index (κ1) is 10.8. The first-order chi connectivity index (χ1) is 8.24. The SMILES string of the molecule is CCc1cccc2c3c(n(C)c12)C(C)CNC3. The lowest BCUT2D eigenvalue weighted by molar-refractivity contribution is 0.547. The molecule has 1 aliphatic rings. The summed E-state index contributed by atoms with van der Waals surface area (Å²) in [6.07, 6.45) is 1.11. The summed E-state index contributed by atoms with van der Waals surface area (Å²) in [4.78, 5) is 0. The Hall–Kier alpha value is -1.28. The van der Waals surface area contributed by atoms with Crippen LogP contribution in [0.3, 0.4) is 0 Å². The van der Waals surface area contributed by atoms with E-state index in [4.69, 9.17) is 0 Å². The Kier molecular flexibility index (Phi) is 2.48. The Morgan fingerprint density at radius 1 is 1.41 bits per heavy atom. The minimum atomic E-state index is 0.612. The summed E-state index contributed by atoms with van der Waals surface area (Å²) in [6, 6.07) is 6.72. The van der Waals surface area contributed by atoms with Crippen molar-refractivity contribution in [2.45, 2.75) is 32.7 Å². The van der Waals surface area contributed by atoms with Crippen LogP contribution in [0.5, 0.6) is 0 Å². The van der Waals surface area contributed by atoms with E-state index >= 15 is 0 Å². The second-order valence-corrected chi connectivity index (χ2v) is 5.12. The third kappa shape index (κ3) is 1.44. The molecule has 0 amide bonds. The lowest BCUT2D eigenvalue weighted by Crippen LogP contribution is -2.27. The minimum Gasteiger partial charge on any atom is -0.347 e. The number of aryl methyl sites for hydroxylation is 2. The molecule has 0 fully saturated rings.